The number of primary amides is 1. The SMILES string of the molecule is NC(=O)Nc1cccc(C(=O)NCC2CCCCO2)c1. The molecule has 2 rings (SSSR count). The predicted molar refractivity (Wildman–Crippen MR) is 75.6 cm³/mol. The molecule has 1 atom stereocenters. The fourth-order valence-electron chi connectivity index (χ4n) is 2.16. The van der Waals surface area contributed by atoms with Gasteiger partial charge in [0.2, 0.25) is 0 Å². The van der Waals surface area contributed by atoms with Crippen LogP contribution in [0.3, 0.4) is 0 Å². The maximum absolute atomic E-state index is 12.0. The average Bonchev–Trinajstić information content (AvgIpc) is 2.45. The standard InChI is InChI=1S/C14H19N3O3/c15-14(19)17-11-5-3-4-10(8-11)13(18)16-9-12-6-1-2-7-20-12/h3-5,8,12H,1-2,6-7,9H2,(H,16,18)(H3,15,17,19). The molecule has 3 amide bonds. The Morgan fingerprint density at radius 1 is 1.35 bits per heavy atom. The van der Waals surface area contributed by atoms with Crippen LogP contribution in [0, 0.1) is 0 Å². The number of anilines is 1. The summed E-state index contributed by atoms with van der Waals surface area (Å²) in [4.78, 5) is 22.8. The number of carbonyl (C=O) groups is 2. The molecular formula is C14H19N3O3. The minimum atomic E-state index is -0.654. The summed E-state index contributed by atoms with van der Waals surface area (Å²) in [6, 6.07) is 5.98. The van der Waals surface area contributed by atoms with Crippen LogP contribution in [-0.4, -0.2) is 31.2 Å². The summed E-state index contributed by atoms with van der Waals surface area (Å²) < 4.78 is 5.55. The summed E-state index contributed by atoms with van der Waals surface area (Å²) in [6.45, 7) is 1.27. The van der Waals surface area contributed by atoms with Gasteiger partial charge >= 0.3 is 6.03 Å². The molecule has 1 heterocycles. The number of hydrogen-bond donors (Lipinski definition) is 3. The molecule has 1 fully saturated rings. The van der Waals surface area contributed by atoms with Gasteiger partial charge in [0.05, 0.1) is 6.10 Å². The van der Waals surface area contributed by atoms with Gasteiger partial charge in [-0.3, -0.25) is 4.79 Å². The van der Waals surface area contributed by atoms with Gasteiger partial charge < -0.3 is 21.1 Å². The Balaban J connectivity index is 1.89. The molecule has 0 aliphatic carbocycles. The van der Waals surface area contributed by atoms with Crippen LogP contribution in [0.2, 0.25) is 0 Å². The van der Waals surface area contributed by atoms with E-state index in [4.69, 9.17) is 10.5 Å². The van der Waals surface area contributed by atoms with E-state index in [2.05, 4.69) is 10.6 Å². The second kappa shape index (κ2) is 6.91. The fourth-order valence-corrected chi connectivity index (χ4v) is 2.16. The van der Waals surface area contributed by atoms with Crippen molar-refractivity contribution in [3.8, 4) is 0 Å². The van der Waals surface area contributed by atoms with Gasteiger partial charge in [-0.25, -0.2) is 4.79 Å². The highest BCUT2D eigenvalue weighted by Gasteiger charge is 2.15. The number of rotatable bonds is 4. The Bertz CT molecular complexity index is 484. The van der Waals surface area contributed by atoms with Crippen LogP contribution in [0.4, 0.5) is 10.5 Å². The predicted octanol–water partition coefficient (Wildman–Crippen LogP) is 1.48. The number of urea groups is 1. The first-order chi connectivity index (χ1) is 9.65. The van der Waals surface area contributed by atoms with Crippen molar-refractivity contribution in [1.82, 2.24) is 5.32 Å². The first kappa shape index (κ1) is 14.3. The molecular weight excluding hydrogens is 258 g/mol. The zero-order valence-electron chi connectivity index (χ0n) is 11.2. The normalized spacial score (nSPS) is 18.3. The minimum Gasteiger partial charge on any atom is -0.376 e. The molecule has 20 heavy (non-hydrogen) atoms. The summed E-state index contributed by atoms with van der Waals surface area (Å²) in [6.07, 6.45) is 3.30. The molecule has 1 unspecified atom stereocenters. The summed E-state index contributed by atoms with van der Waals surface area (Å²) in [5.41, 5.74) is 6.02. The van der Waals surface area contributed by atoms with Crippen LogP contribution in [0.15, 0.2) is 24.3 Å². The lowest BCUT2D eigenvalue weighted by molar-refractivity contribution is 0.0169. The van der Waals surface area contributed by atoms with Gasteiger partial charge in [-0.1, -0.05) is 6.07 Å². The van der Waals surface area contributed by atoms with Gasteiger partial charge in [0, 0.05) is 24.4 Å². The van der Waals surface area contributed by atoms with E-state index in [1.807, 2.05) is 0 Å². The van der Waals surface area contributed by atoms with Gasteiger partial charge in [0.1, 0.15) is 0 Å². The minimum absolute atomic E-state index is 0.0969. The lowest BCUT2D eigenvalue weighted by Gasteiger charge is -2.22. The number of benzene rings is 1. The van der Waals surface area contributed by atoms with E-state index >= 15 is 0 Å². The second-order valence-electron chi connectivity index (χ2n) is 4.77. The molecule has 1 aliphatic rings. The molecule has 1 aliphatic heterocycles. The van der Waals surface area contributed by atoms with Crippen LogP contribution >= 0.6 is 0 Å². The van der Waals surface area contributed by atoms with E-state index in [9.17, 15) is 9.59 Å². The third kappa shape index (κ3) is 4.24. The van der Waals surface area contributed by atoms with Crippen LogP contribution in [0.5, 0.6) is 0 Å². The van der Waals surface area contributed by atoms with Crippen molar-refractivity contribution in [3.05, 3.63) is 29.8 Å². The highest BCUT2D eigenvalue weighted by Crippen LogP contribution is 2.13. The maximum Gasteiger partial charge on any atom is 0.316 e. The third-order valence-corrected chi connectivity index (χ3v) is 3.16. The van der Waals surface area contributed by atoms with Crippen molar-refractivity contribution >= 4 is 17.6 Å². The van der Waals surface area contributed by atoms with E-state index in [0.29, 0.717) is 17.8 Å². The first-order valence-corrected chi connectivity index (χ1v) is 6.71. The van der Waals surface area contributed by atoms with Gasteiger partial charge in [-0.05, 0) is 37.5 Å². The smallest absolute Gasteiger partial charge is 0.316 e. The molecule has 0 radical (unpaired) electrons. The van der Waals surface area contributed by atoms with Gasteiger partial charge in [0.25, 0.3) is 5.91 Å². The largest absolute Gasteiger partial charge is 0.376 e. The Hall–Kier alpha value is -2.08. The van der Waals surface area contributed by atoms with E-state index in [1.165, 1.54) is 0 Å². The summed E-state index contributed by atoms with van der Waals surface area (Å²) >= 11 is 0. The molecule has 6 heteroatoms. The number of nitrogens with two attached hydrogens (primary N) is 1. The Labute approximate surface area is 117 Å². The van der Waals surface area contributed by atoms with Crippen LogP contribution in [0.25, 0.3) is 0 Å². The van der Waals surface area contributed by atoms with Crippen LogP contribution in [0.1, 0.15) is 29.6 Å². The molecule has 0 bridgehead atoms. The van der Waals surface area contributed by atoms with Gasteiger partial charge in [-0.2, -0.15) is 0 Å². The zero-order chi connectivity index (χ0) is 14.4. The number of hydrogen-bond acceptors (Lipinski definition) is 3. The zero-order valence-corrected chi connectivity index (χ0v) is 11.2. The Morgan fingerprint density at radius 3 is 2.90 bits per heavy atom. The molecule has 1 aromatic rings. The highest BCUT2D eigenvalue weighted by atomic mass is 16.5. The fraction of sp³-hybridized carbons (Fsp3) is 0.429. The third-order valence-electron chi connectivity index (χ3n) is 3.16. The molecule has 108 valence electrons. The van der Waals surface area contributed by atoms with Crippen molar-refractivity contribution < 1.29 is 14.3 Å². The van der Waals surface area contributed by atoms with Gasteiger partial charge in [-0.15, -0.1) is 0 Å². The number of carbonyl (C=O) groups excluding carboxylic acids is 2. The molecule has 6 nitrogen and oxygen atoms in total. The maximum atomic E-state index is 12.0. The van der Waals surface area contributed by atoms with E-state index in [1.54, 1.807) is 24.3 Å². The molecule has 1 saturated heterocycles. The van der Waals surface area contributed by atoms with E-state index in [-0.39, 0.29) is 12.0 Å². The molecule has 0 spiro atoms. The summed E-state index contributed by atoms with van der Waals surface area (Å²) in [5.74, 6) is -0.188. The number of ether oxygens (including phenoxy) is 1. The van der Waals surface area contributed by atoms with Crippen molar-refractivity contribution in [2.75, 3.05) is 18.5 Å². The highest BCUT2D eigenvalue weighted by molar-refractivity contribution is 5.96. The van der Waals surface area contributed by atoms with Crippen molar-refractivity contribution in [3.63, 3.8) is 0 Å². The average molecular weight is 277 g/mol. The Kier molecular flexibility index (Phi) is 4.95. The van der Waals surface area contributed by atoms with E-state index < -0.39 is 6.03 Å². The second-order valence-corrected chi connectivity index (χ2v) is 4.77. The monoisotopic (exact) mass is 277 g/mol. The topological polar surface area (TPSA) is 93.5 Å². The Morgan fingerprint density at radius 2 is 2.20 bits per heavy atom. The lowest BCUT2D eigenvalue weighted by Crippen LogP contribution is -2.35. The molecule has 1 aromatic carbocycles. The summed E-state index contributed by atoms with van der Waals surface area (Å²) in [7, 11) is 0. The molecule has 0 aromatic heterocycles. The van der Waals surface area contributed by atoms with Crippen LogP contribution in [-0.2, 0) is 4.74 Å². The lowest BCUT2D eigenvalue weighted by atomic mass is 10.1. The molecule has 0 saturated carbocycles. The van der Waals surface area contributed by atoms with Crippen LogP contribution < -0.4 is 16.4 Å². The first-order valence-electron chi connectivity index (χ1n) is 6.71. The number of amides is 3. The van der Waals surface area contributed by atoms with Gasteiger partial charge in [0.15, 0.2) is 0 Å². The summed E-state index contributed by atoms with van der Waals surface area (Å²) in [5, 5.41) is 5.28. The molecule has 4 N–H and O–H groups in total. The van der Waals surface area contributed by atoms with Crippen molar-refractivity contribution in [1.29, 1.82) is 0 Å². The van der Waals surface area contributed by atoms with Crippen molar-refractivity contribution in [2.45, 2.75) is 25.4 Å². The van der Waals surface area contributed by atoms with Crippen molar-refractivity contribution in [2.24, 2.45) is 5.73 Å². The van der Waals surface area contributed by atoms with E-state index in [0.717, 1.165) is 25.9 Å². The quantitative estimate of drug-likeness (QED) is 0.778. The number of nitrogens with one attached hydrogen (secondary N) is 2.